The van der Waals surface area contributed by atoms with E-state index in [9.17, 15) is 0 Å². The highest BCUT2D eigenvalue weighted by Crippen LogP contribution is 1.71. The van der Waals surface area contributed by atoms with Gasteiger partial charge in [-0.15, -0.1) is 0 Å². The maximum atomic E-state index is 7.90. The summed E-state index contributed by atoms with van der Waals surface area (Å²) in [6, 6.07) is 0. The molecule has 0 rings (SSSR count). The monoisotopic (exact) mass is 87.0 g/mol. The van der Waals surface area contributed by atoms with Crippen LogP contribution in [0.1, 0.15) is 0 Å². The Kier molecular flexibility index (Phi) is 4.12. The molecule has 0 aromatic carbocycles. The summed E-state index contributed by atoms with van der Waals surface area (Å²) in [5.41, 5.74) is 0. The molecule has 0 aliphatic heterocycles. The van der Waals surface area contributed by atoms with E-state index in [4.69, 9.17) is 5.11 Å². The Hall–Kier alpha value is -0.500. The normalized spacial score (nSPS) is 7.50. The van der Waals surface area contributed by atoms with Gasteiger partial charge < -0.3 is 9.84 Å². The highest BCUT2D eigenvalue weighted by molar-refractivity contribution is 4.51. The summed E-state index contributed by atoms with van der Waals surface area (Å²) in [6.45, 7) is 4.39. The summed E-state index contributed by atoms with van der Waals surface area (Å²) >= 11 is 0. The fraction of sp³-hybridized carbons (Fsp3) is 0.250. The summed E-state index contributed by atoms with van der Waals surface area (Å²) in [5, 5.41) is 7.90. The van der Waals surface area contributed by atoms with Crippen LogP contribution in [-0.4, -0.2) is 11.7 Å². The van der Waals surface area contributed by atoms with Crippen LogP contribution in [0.2, 0.25) is 0 Å². The zero-order valence-electron chi connectivity index (χ0n) is 3.42. The molecule has 35 valence electrons. The van der Waals surface area contributed by atoms with Gasteiger partial charge in [-0.05, 0) is 0 Å². The van der Waals surface area contributed by atoms with Crippen molar-refractivity contribution in [2.75, 3.05) is 6.61 Å². The average molecular weight is 87.1 g/mol. The zero-order chi connectivity index (χ0) is 4.83. The van der Waals surface area contributed by atoms with Gasteiger partial charge >= 0.3 is 0 Å². The second-order valence-electron chi connectivity index (χ2n) is 0.683. The van der Waals surface area contributed by atoms with Crippen molar-refractivity contribution >= 4 is 0 Å². The van der Waals surface area contributed by atoms with Gasteiger partial charge in [0.25, 0.3) is 0 Å². The van der Waals surface area contributed by atoms with Crippen molar-refractivity contribution in [3.05, 3.63) is 19.4 Å². The lowest BCUT2D eigenvalue weighted by atomic mass is 10.8. The molecule has 0 heterocycles. The first-order valence-corrected chi connectivity index (χ1v) is 1.60. The van der Waals surface area contributed by atoms with Crippen LogP contribution < -0.4 is 0 Å². The number of hydrogen-bond donors (Lipinski definition) is 1. The largest absolute Gasteiger partial charge is 0.499 e. The number of aliphatic hydroxyl groups is 1. The molecule has 1 N–H and O–H groups in total. The van der Waals surface area contributed by atoms with Crippen LogP contribution >= 0.6 is 0 Å². The highest BCUT2D eigenvalue weighted by Gasteiger charge is 1.71. The van der Waals surface area contributed by atoms with E-state index in [2.05, 4.69) is 11.3 Å². The average Bonchev–Trinajstić information content (AvgIpc) is 1.61. The molecule has 0 aliphatic rings. The second kappa shape index (κ2) is 4.50. The van der Waals surface area contributed by atoms with Gasteiger partial charge in [-0.25, -0.2) is 0 Å². The van der Waals surface area contributed by atoms with Crippen molar-refractivity contribution in [1.82, 2.24) is 0 Å². The van der Waals surface area contributed by atoms with E-state index in [1.807, 2.05) is 0 Å². The lowest BCUT2D eigenvalue weighted by Crippen LogP contribution is -1.83. The Bertz CT molecular complexity index is 34.5. The lowest BCUT2D eigenvalue weighted by Gasteiger charge is -1.89. The summed E-state index contributed by atoms with van der Waals surface area (Å²) < 4.78 is 4.44. The Balaban J connectivity index is 2.49. The second-order valence-corrected chi connectivity index (χ2v) is 0.683. The molecule has 0 aromatic rings. The summed E-state index contributed by atoms with van der Waals surface area (Å²) in [7, 11) is 0. The predicted molar refractivity (Wildman–Crippen MR) is 22.4 cm³/mol. The van der Waals surface area contributed by atoms with E-state index < -0.39 is 0 Å². The Morgan fingerprint density at radius 3 is 2.67 bits per heavy atom. The molecule has 0 bridgehead atoms. The molecule has 0 fully saturated rings. The molecule has 2 heteroatoms. The molecule has 0 saturated carbocycles. The minimum atomic E-state index is 0.226. The molecule has 0 saturated heterocycles. The van der Waals surface area contributed by atoms with Gasteiger partial charge in [0.1, 0.15) is 13.2 Å². The molecule has 6 heavy (non-hydrogen) atoms. The molecule has 2 nitrogen and oxygen atoms in total. The molecule has 0 spiro atoms. The Morgan fingerprint density at radius 1 is 1.83 bits per heavy atom. The number of hydrogen-bond acceptors (Lipinski definition) is 2. The maximum absolute atomic E-state index is 7.90. The van der Waals surface area contributed by atoms with Crippen LogP contribution in [0.25, 0.3) is 0 Å². The Labute approximate surface area is 37.1 Å². The minimum absolute atomic E-state index is 0.226. The van der Waals surface area contributed by atoms with Gasteiger partial charge in [0.05, 0.1) is 6.26 Å². The molecule has 0 aromatic heterocycles. The molecular weight excluding hydrogens is 80.0 g/mol. The standard InChI is InChI=1S/C4H7O2/c1-2-6-4-3-5/h2-3,5H,1,4H2. The van der Waals surface area contributed by atoms with Crippen molar-refractivity contribution in [3.63, 3.8) is 0 Å². The molecule has 0 aliphatic carbocycles. The van der Waals surface area contributed by atoms with Crippen molar-refractivity contribution in [1.29, 1.82) is 0 Å². The molecule has 0 atom stereocenters. The first-order valence-electron chi connectivity index (χ1n) is 1.60. The van der Waals surface area contributed by atoms with Gasteiger partial charge in [-0.1, -0.05) is 6.58 Å². The van der Waals surface area contributed by atoms with Gasteiger partial charge in [-0.2, -0.15) is 0 Å². The van der Waals surface area contributed by atoms with E-state index in [0.717, 1.165) is 6.61 Å². The smallest absolute Gasteiger partial charge is 0.117 e. The molecular formula is C4H7O2. The fourth-order valence-corrected chi connectivity index (χ4v) is 0.111. The summed E-state index contributed by atoms with van der Waals surface area (Å²) in [5.74, 6) is 0. The lowest BCUT2D eigenvalue weighted by molar-refractivity contribution is 0.216. The van der Waals surface area contributed by atoms with Gasteiger partial charge in [-0.3, -0.25) is 0 Å². The van der Waals surface area contributed by atoms with E-state index in [1.54, 1.807) is 0 Å². The number of aliphatic hydroxyl groups excluding tert-OH is 1. The van der Waals surface area contributed by atoms with E-state index >= 15 is 0 Å². The molecule has 0 unspecified atom stereocenters. The van der Waals surface area contributed by atoms with Gasteiger partial charge in [0.15, 0.2) is 0 Å². The van der Waals surface area contributed by atoms with Crippen molar-refractivity contribution in [2.45, 2.75) is 0 Å². The van der Waals surface area contributed by atoms with E-state index in [-0.39, 0.29) is 6.61 Å². The van der Waals surface area contributed by atoms with Crippen LogP contribution in [0, 0.1) is 6.61 Å². The minimum Gasteiger partial charge on any atom is -0.499 e. The third-order valence-corrected chi connectivity index (χ3v) is 0.289. The third kappa shape index (κ3) is 3.50. The van der Waals surface area contributed by atoms with Gasteiger partial charge in [0, 0.05) is 0 Å². The van der Waals surface area contributed by atoms with Crippen molar-refractivity contribution < 1.29 is 9.84 Å². The van der Waals surface area contributed by atoms with E-state index in [1.165, 1.54) is 6.26 Å². The van der Waals surface area contributed by atoms with Gasteiger partial charge in [0.2, 0.25) is 0 Å². The summed E-state index contributed by atoms with van der Waals surface area (Å²) in [4.78, 5) is 0. The van der Waals surface area contributed by atoms with Crippen LogP contribution in [0.3, 0.4) is 0 Å². The fourth-order valence-electron chi connectivity index (χ4n) is 0.111. The van der Waals surface area contributed by atoms with Crippen LogP contribution in [0.15, 0.2) is 12.8 Å². The molecule has 1 radical (unpaired) electrons. The van der Waals surface area contributed by atoms with Crippen LogP contribution in [0.4, 0.5) is 0 Å². The first kappa shape index (κ1) is 5.50. The zero-order valence-corrected chi connectivity index (χ0v) is 3.42. The Morgan fingerprint density at radius 2 is 2.50 bits per heavy atom. The number of rotatable bonds is 3. The number of ether oxygens (including phenoxy) is 1. The highest BCUT2D eigenvalue weighted by atomic mass is 16.5. The topological polar surface area (TPSA) is 29.5 Å². The van der Waals surface area contributed by atoms with Crippen LogP contribution in [-0.2, 0) is 4.74 Å². The van der Waals surface area contributed by atoms with E-state index in [0.29, 0.717) is 0 Å². The quantitative estimate of drug-likeness (QED) is 0.405. The predicted octanol–water partition coefficient (Wildman–Crippen LogP) is 0.681. The first-order chi connectivity index (χ1) is 2.91. The maximum Gasteiger partial charge on any atom is 0.117 e. The van der Waals surface area contributed by atoms with Crippen LogP contribution in [0.5, 0.6) is 0 Å². The van der Waals surface area contributed by atoms with Crippen molar-refractivity contribution in [3.8, 4) is 0 Å². The van der Waals surface area contributed by atoms with Crippen molar-refractivity contribution in [2.24, 2.45) is 0 Å². The molecule has 0 amide bonds. The SMILES string of the molecule is C=COC[CH]O. The third-order valence-electron chi connectivity index (χ3n) is 0.289. The summed E-state index contributed by atoms with van der Waals surface area (Å²) in [6.07, 6.45) is 1.27.